The van der Waals surface area contributed by atoms with Crippen molar-refractivity contribution in [3.63, 3.8) is 0 Å². The van der Waals surface area contributed by atoms with Crippen LogP contribution in [0.5, 0.6) is 5.75 Å². The van der Waals surface area contributed by atoms with Gasteiger partial charge >= 0.3 is 0 Å². The number of hydrogen-bond acceptors (Lipinski definition) is 2. The fourth-order valence-electron chi connectivity index (χ4n) is 2.16. The van der Waals surface area contributed by atoms with Crippen molar-refractivity contribution < 1.29 is 9.53 Å². The van der Waals surface area contributed by atoms with Crippen molar-refractivity contribution in [1.29, 1.82) is 0 Å². The molecule has 0 unspecified atom stereocenters. The minimum absolute atomic E-state index is 0.0171. The molecule has 0 radical (unpaired) electrons. The van der Waals surface area contributed by atoms with Crippen molar-refractivity contribution >= 4 is 11.6 Å². The summed E-state index contributed by atoms with van der Waals surface area (Å²) in [6.45, 7) is 6.55. The van der Waals surface area contributed by atoms with E-state index in [2.05, 4.69) is 5.32 Å². The van der Waals surface area contributed by atoms with Gasteiger partial charge in [0, 0.05) is 6.42 Å². The van der Waals surface area contributed by atoms with Crippen molar-refractivity contribution in [3.8, 4) is 5.75 Å². The number of carbonyl (C=O) groups excluding carboxylic acids is 1. The summed E-state index contributed by atoms with van der Waals surface area (Å²) in [5.41, 5.74) is 2.93. The van der Waals surface area contributed by atoms with Crippen LogP contribution in [0.25, 0.3) is 0 Å². The summed E-state index contributed by atoms with van der Waals surface area (Å²) in [5.74, 6) is 1.06. The zero-order valence-corrected chi connectivity index (χ0v) is 13.4. The molecule has 0 aliphatic carbocycles. The normalized spacial score (nSPS) is 10.5. The molecule has 1 N–H and O–H groups in total. The number of ether oxygens (including phenoxy) is 1. The Balaban J connectivity index is 2.08. The van der Waals surface area contributed by atoms with E-state index in [0.717, 1.165) is 16.8 Å². The SMILES string of the molecule is Cc1ccc(NC(=O)CC(C)C)c(OCc2ccccc2)c1. The number of nitrogens with one attached hydrogen (secondary N) is 1. The molecule has 0 aliphatic rings. The molecule has 0 aromatic heterocycles. The minimum atomic E-state index is 0.0171. The Hall–Kier alpha value is -2.29. The van der Waals surface area contributed by atoms with E-state index >= 15 is 0 Å². The largest absolute Gasteiger partial charge is 0.487 e. The van der Waals surface area contributed by atoms with Gasteiger partial charge in [-0.05, 0) is 36.1 Å². The van der Waals surface area contributed by atoms with Gasteiger partial charge in [0.2, 0.25) is 5.91 Å². The number of hydrogen-bond donors (Lipinski definition) is 1. The molecule has 0 bridgehead atoms. The number of carbonyl (C=O) groups is 1. The predicted molar refractivity (Wildman–Crippen MR) is 90.0 cm³/mol. The van der Waals surface area contributed by atoms with Gasteiger partial charge in [-0.25, -0.2) is 0 Å². The van der Waals surface area contributed by atoms with Crippen molar-refractivity contribution in [2.75, 3.05) is 5.32 Å². The topological polar surface area (TPSA) is 38.3 Å². The molecule has 3 heteroatoms. The van der Waals surface area contributed by atoms with Crippen LogP contribution in [0.15, 0.2) is 48.5 Å². The summed E-state index contributed by atoms with van der Waals surface area (Å²) in [4.78, 5) is 12.0. The van der Waals surface area contributed by atoms with Crippen LogP contribution in [0.3, 0.4) is 0 Å². The molecule has 0 atom stereocenters. The van der Waals surface area contributed by atoms with E-state index in [1.165, 1.54) is 0 Å². The standard InChI is InChI=1S/C19H23NO2/c1-14(2)11-19(21)20-17-10-9-15(3)12-18(17)22-13-16-7-5-4-6-8-16/h4-10,12,14H,11,13H2,1-3H3,(H,20,21). The molecule has 2 rings (SSSR count). The van der Waals surface area contributed by atoms with Gasteiger partial charge in [0.05, 0.1) is 5.69 Å². The highest BCUT2D eigenvalue weighted by atomic mass is 16.5. The van der Waals surface area contributed by atoms with E-state index in [1.54, 1.807) is 0 Å². The van der Waals surface area contributed by atoms with E-state index in [9.17, 15) is 4.79 Å². The predicted octanol–water partition coefficient (Wildman–Crippen LogP) is 4.56. The number of amides is 1. The summed E-state index contributed by atoms with van der Waals surface area (Å²) in [5, 5.41) is 2.94. The molecular formula is C19H23NO2. The number of rotatable bonds is 6. The van der Waals surface area contributed by atoms with Crippen LogP contribution < -0.4 is 10.1 Å². The van der Waals surface area contributed by atoms with Crippen molar-refractivity contribution in [3.05, 3.63) is 59.7 Å². The molecule has 0 spiro atoms. The zero-order valence-electron chi connectivity index (χ0n) is 13.4. The van der Waals surface area contributed by atoms with Crippen LogP contribution in [0, 0.1) is 12.8 Å². The second-order valence-corrected chi connectivity index (χ2v) is 5.92. The monoisotopic (exact) mass is 297 g/mol. The highest BCUT2D eigenvalue weighted by molar-refractivity contribution is 5.92. The Morgan fingerprint density at radius 2 is 1.86 bits per heavy atom. The molecule has 0 saturated heterocycles. The molecule has 0 heterocycles. The van der Waals surface area contributed by atoms with Crippen LogP contribution in [0.4, 0.5) is 5.69 Å². The maximum Gasteiger partial charge on any atom is 0.224 e. The van der Waals surface area contributed by atoms with E-state index in [-0.39, 0.29) is 5.91 Å². The van der Waals surface area contributed by atoms with Crippen molar-refractivity contribution in [2.24, 2.45) is 5.92 Å². The second-order valence-electron chi connectivity index (χ2n) is 5.92. The van der Waals surface area contributed by atoms with E-state index in [0.29, 0.717) is 24.7 Å². The molecule has 0 saturated carbocycles. The minimum Gasteiger partial charge on any atom is -0.487 e. The first-order chi connectivity index (χ1) is 10.5. The van der Waals surface area contributed by atoms with E-state index in [4.69, 9.17) is 4.74 Å². The van der Waals surface area contributed by atoms with Crippen LogP contribution in [-0.2, 0) is 11.4 Å². The quantitative estimate of drug-likeness (QED) is 0.849. The number of aryl methyl sites for hydroxylation is 1. The lowest BCUT2D eigenvalue weighted by molar-refractivity contribution is -0.116. The highest BCUT2D eigenvalue weighted by Crippen LogP contribution is 2.27. The van der Waals surface area contributed by atoms with Gasteiger partial charge in [-0.1, -0.05) is 50.2 Å². The van der Waals surface area contributed by atoms with Crippen LogP contribution >= 0.6 is 0 Å². The van der Waals surface area contributed by atoms with E-state index < -0.39 is 0 Å². The molecular weight excluding hydrogens is 274 g/mol. The third-order valence-corrected chi connectivity index (χ3v) is 3.24. The lowest BCUT2D eigenvalue weighted by atomic mass is 10.1. The molecule has 3 nitrogen and oxygen atoms in total. The van der Waals surface area contributed by atoms with Gasteiger partial charge in [0.15, 0.2) is 0 Å². The Bertz CT molecular complexity index is 621. The maximum absolute atomic E-state index is 12.0. The highest BCUT2D eigenvalue weighted by Gasteiger charge is 2.10. The molecule has 1 amide bonds. The Morgan fingerprint density at radius 1 is 1.14 bits per heavy atom. The molecule has 2 aromatic carbocycles. The Morgan fingerprint density at radius 3 is 2.55 bits per heavy atom. The average molecular weight is 297 g/mol. The van der Waals surface area contributed by atoms with Gasteiger partial charge in [0.1, 0.15) is 12.4 Å². The first-order valence-electron chi connectivity index (χ1n) is 7.62. The molecule has 0 aliphatic heterocycles. The first kappa shape index (κ1) is 16.1. The van der Waals surface area contributed by atoms with Crippen molar-refractivity contribution in [2.45, 2.75) is 33.8 Å². The first-order valence-corrected chi connectivity index (χ1v) is 7.62. The maximum atomic E-state index is 12.0. The lowest BCUT2D eigenvalue weighted by Crippen LogP contribution is -2.14. The Kier molecular flexibility index (Phi) is 5.59. The van der Waals surface area contributed by atoms with Gasteiger partial charge in [0.25, 0.3) is 0 Å². The fraction of sp³-hybridized carbons (Fsp3) is 0.316. The molecule has 0 fully saturated rings. The summed E-state index contributed by atoms with van der Waals surface area (Å²) >= 11 is 0. The third-order valence-electron chi connectivity index (χ3n) is 3.24. The fourth-order valence-corrected chi connectivity index (χ4v) is 2.16. The van der Waals surface area contributed by atoms with E-state index in [1.807, 2.05) is 69.3 Å². The van der Waals surface area contributed by atoms with Gasteiger partial charge in [-0.2, -0.15) is 0 Å². The lowest BCUT2D eigenvalue weighted by Gasteiger charge is -2.14. The van der Waals surface area contributed by atoms with Crippen molar-refractivity contribution in [1.82, 2.24) is 0 Å². The average Bonchev–Trinajstić information content (AvgIpc) is 2.48. The molecule has 2 aromatic rings. The van der Waals surface area contributed by atoms with Crippen LogP contribution in [0.2, 0.25) is 0 Å². The third kappa shape index (κ3) is 4.92. The van der Waals surface area contributed by atoms with Gasteiger partial charge < -0.3 is 10.1 Å². The summed E-state index contributed by atoms with van der Waals surface area (Å²) < 4.78 is 5.90. The van der Waals surface area contributed by atoms with Crippen LogP contribution in [-0.4, -0.2) is 5.91 Å². The molecule has 22 heavy (non-hydrogen) atoms. The van der Waals surface area contributed by atoms with Gasteiger partial charge in [-0.15, -0.1) is 0 Å². The summed E-state index contributed by atoms with van der Waals surface area (Å²) in [7, 11) is 0. The van der Waals surface area contributed by atoms with Crippen LogP contribution in [0.1, 0.15) is 31.4 Å². The smallest absolute Gasteiger partial charge is 0.224 e. The summed E-state index contributed by atoms with van der Waals surface area (Å²) in [6.07, 6.45) is 0.506. The molecule has 116 valence electrons. The Labute approximate surface area is 132 Å². The second kappa shape index (κ2) is 7.64. The summed E-state index contributed by atoms with van der Waals surface area (Å²) in [6, 6.07) is 15.8. The number of benzene rings is 2. The zero-order chi connectivity index (χ0) is 15.9. The number of anilines is 1. The van der Waals surface area contributed by atoms with Gasteiger partial charge in [-0.3, -0.25) is 4.79 Å².